The lowest BCUT2D eigenvalue weighted by Crippen LogP contribution is -2.79. The lowest BCUT2D eigenvalue weighted by molar-refractivity contribution is -0.170. The van der Waals surface area contributed by atoms with Crippen molar-refractivity contribution in [2.75, 3.05) is 11.9 Å². The summed E-state index contributed by atoms with van der Waals surface area (Å²) in [7, 11) is 0. The Hall–Kier alpha value is -1.43. The summed E-state index contributed by atoms with van der Waals surface area (Å²) in [5.41, 5.74) is 6.61. The number of rotatable bonds is 3. The van der Waals surface area contributed by atoms with E-state index in [0.29, 0.717) is 12.3 Å². The first kappa shape index (κ1) is 14.5. The molecule has 5 nitrogen and oxygen atoms in total. The largest absolute Gasteiger partial charge is 0.392 e. The molecule has 0 aromatic heterocycles. The number of hydrogen-bond acceptors (Lipinski definition) is 4. The number of carbonyl (C=O) groups is 1. The standard InChI is InChI=1S/C16H22N2O3/c1-15(2)13-12(6-7-21-13)16(15,17)14(20)18-11-5-3-4-10(8-11)9-19/h3-5,8,12-13,19H,6-7,9,17H2,1-2H3,(H,18,20). The molecule has 114 valence electrons. The average molecular weight is 290 g/mol. The van der Waals surface area contributed by atoms with E-state index >= 15 is 0 Å². The molecule has 1 aliphatic carbocycles. The Kier molecular flexibility index (Phi) is 3.31. The highest BCUT2D eigenvalue weighted by molar-refractivity contribution is 6.00. The van der Waals surface area contributed by atoms with Gasteiger partial charge in [0.15, 0.2) is 0 Å². The van der Waals surface area contributed by atoms with Gasteiger partial charge in [-0.1, -0.05) is 26.0 Å². The van der Waals surface area contributed by atoms with Crippen molar-refractivity contribution in [2.24, 2.45) is 17.1 Å². The molecule has 2 aliphatic rings. The number of aliphatic hydroxyl groups excluding tert-OH is 1. The van der Waals surface area contributed by atoms with Crippen LogP contribution >= 0.6 is 0 Å². The zero-order valence-corrected chi connectivity index (χ0v) is 12.4. The Labute approximate surface area is 124 Å². The van der Waals surface area contributed by atoms with Gasteiger partial charge in [0.1, 0.15) is 5.54 Å². The van der Waals surface area contributed by atoms with Crippen LogP contribution in [-0.4, -0.2) is 29.3 Å². The van der Waals surface area contributed by atoms with Crippen LogP contribution in [0, 0.1) is 11.3 Å². The van der Waals surface area contributed by atoms with Gasteiger partial charge in [0.2, 0.25) is 5.91 Å². The molecule has 5 heteroatoms. The zero-order valence-electron chi connectivity index (χ0n) is 12.4. The number of anilines is 1. The third-order valence-electron chi connectivity index (χ3n) is 5.20. The molecule has 3 unspecified atom stereocenters. The first-order valence-electron chi connectivity index (χ1n) is 7.33. The quantitative estimate of drug-likeness (QED) is 0.782. The van der Waals surface area contributed by atoms with Crippen molar-refractivity contribution in [3.63, 3.8) is 0 Å². The van der Waals surface area contributed by atoms with Crippen molar-refractivity contribution in [1.82, 2.24) is 0 Å². The Bertz CT molecular complexity index is 572. The molecule has 0 bridgehead atoms. The van der Waals surface area contributed by atoms with E-state index < -0.39 is 5.54 Å². The molecule has 1 aliphatic heterocycles. The van der Waals surface area contributed by atoms with E-state index in [0.717, 1.165) is 12.0 Å². The van der Waals surface area contributed by atoms with Crippen LogP contribution in [0.5, 0.6) is 0 Å². The van der Waals surface area contributed by atoms with E-state index in [1.54, 1.807) is 18.2 Å². The minimum absolute atomic E-state index is 0.0541. The summed E-state index contributed by atoms with van der Waals surface area (Å²) in [6.45, 7) is 4.60. The van der Waals surface area contributed by atoms with E-state index in [9.17, 15) is 4.79 Å². The minimum Gasteiger partial charge on any atom is -0.392 e. The maximum atomic E-state index is 12.7. The zero-order chi connectivity index (χ0) is 15.3. The monoisotopic (exact) mass is 290 g/mol. The van der Waals surface area contributed by atoms with Crippen molar-refractivity contribution in [1.29, 1.82) is 0 Å². The lowest BCUT2D eigenvalue weighted by Gasteiger charge is -2.60. The molecule has 1 aromatic carbocycles. The predicted molar refractivity (Wildman–Crippen MR) is 79.5 cm³/mol. The van der Waals surface area contributed by atoms with E-state index in [2.05, 4.69) is 5.32 Å². The maximum Gasteiger partial charge on any atom is 0.245 e. The van der Waals surface area contributed by atoms with Gasteiger partial charge in [0.25, 0.3) is 0 Å². The number of ether oxygens (including phenoxy) is 1. The molecule has 0 spiro atoms. The van der Waals surface area contributed by atoms with Gasteiger partial charge in [0.05, 0.1) is 12.7 Å². The van der Waals surface area contributed by atoms with Gasteiger partial charge in [-0.3, -0.25) is 4.79 Å². The fourth-order valence-corrected chi connectivity index (χ4v) is 3.83. The summed E-state index contributed by atoms with van der Waals surface area (Å²) in [5, 5.41) is 12.1. The van der Waals surface area contributed by atoms with E-state index in [-0.39, 0.29) is 30.0 Å². The number of carbonyl (C=O) groups excluding carboxylic acids is 1. The van der Waals surface area contributed by atoms with Crippen molar-refractivity contribution >= 4 is 11.6 Å². The smallest absolute Gasteiger partial charge is 0.245 e. The van der Waals surface area contributed by atoms with Crippen molar-refractivity contribution in [3.8, 4) is 0 Å². The van der Waals surface area contributed by atoms with Crippen LogP contribution in [0.1, 0.15) is 25.8 Å². The molecular weight excluding hydrogens is 268 g/mol. The molecule has 1 aromatic rings. The number of aliphatic hydroxyl groups is 1. The highest BCUT2D eigenvalue weighted by Gasteiger charge is 2.71. The second-order valence-electron chi connectivity index (χ2n) is 6.59. The summed E-state index contributed by atoms with van der Waals surface area (Å²) in [4.78, 5) is 12.7. The Balaban J connectivity index is 1.81. The highest BCUT2D eigenvalue weighted by Crippen LogP contribution is 2.58. The first-order valence-corrected chi connectivity index (χ1v) is 7.33. The van der Waals surface area contributed by atoms with Crippen LogP contribution in [0.15, 0.2) is 24.3 Å². The molecule has 1 saturated carbocycles. The topological polar surface area (TPSA) is 84.6 Å². The van der Waals surface area contributed by atoms with Crippen LogP contribution in [0.25, 0.3) is 0 Å². The summed E-state index contributed by atoms with van der Waals surface area (Å²) in [5.74, 6) is -0.0946. The Morgan fingerprint density at radius 2 is 2.29 bits per heavy atom. The van der Waals surface area contributed by atoms with E-state index in [1.807, 2.05) is 19.9 Å². The van der Waals surface area contributed by atoms with Gasteiger partial charge < -0.3 is 20.9 Å². The number of nitrogens with two attached hydrogens (primary N) is 1. The third kappa shape index (κ3) is 1.92. The minimum atomic E-state index is -0.913. The second-order valence-corrected chi connectivity index (χ2v) is 6.59. The number of amides is 1. The number of benzene rings is 1. The van der Waals surface area contributed by atoms with E-state index in [4.69, 9.17) is 15.6 Å². The molecule has 1 amide bonds. The molecule has 3 atom stereocenters. The fraction of sp³-hybridized carbons (Fsp3) is 0.562. The predicted octanol–water partition coefficient (Wildman–Crippen LogP) is 1.26. The molecule has 0 radical (unpaired) electrons. The second kappa shape index (κ2) is 4.80. The SMILES string of the molecule is CC1(C)C2OCCC2C1(N)C(=O)Nc1cccc(CO)c1. The molecule has 4 N–H and O–H groups in total. The maximum absolute atomic E-state index is 12.7. The molecule has 1 heterocycles. The molecule has 1 saturated heterocycles. The van der Waals surface area contributed by atoms with Gasteiger partial charge in [-0.25, -0.2) is 0 Å². The van der Waals surface area contributed by atoms with Gasteiger partial charge in [-0.15, -0.1) is 0 Å². The van der Waals surface area contributed by atoms with Crippen molar-refractivity contribution in [2.45, 2.75) is 38.5 Å². The fourth-order valence-electron chi connectivity index (χ4n) is 3.83. The summed E-state index contributed by atoms with van der Waals surface area (Å²) in [6, 6.07) is 7.17. The van der Waals surface area contributed by atoms with Crippen molar-refractivity contribution < 1.29 is 14.6 Å². The summed E-state index contributed by atoms with van der Waals surface area (Å²) >= 11 is 0. The van der Waals surface area contributed by atoms with Crippen LogP contribution in [-0.2, 0) is 16.1 Å². The summed E-state index contributed by atoms with van der Waals surface area (Å²) in [6.07, 6.45) is 0.895. The van der Waals surface area contributed by atoms with Crippen LogP contribution in [0.2, 0.25) is 0 Å². The van der Waals surface area contributed by atoms with Gasteiger partial charge >= 0.3 is 0 Å². The van der Waals surface area contributed by atoms with Crippen LogP contribution in [0.4, 0.5) is 5.69 Å². The molecular formula is C16H22N2O3. The number of nitrogens with one attached hydrogen (secondary N) is 1. The van der Waals surface area contributed by atoms with E-state index in [1.165, 1.54) is 0 Å². The van der Waals surface area contributed by atoms with Gasteiger partial charge in [-0.05, 0) is 24.1 Å². The molecule has 3 rings (SSSR count). The Morgan fingerprint density at radius 1 is 1.52 bits per heavy atom. The third-order valence-corrected chi connectivity index (χ3v) is 5.20. The average Bonchev–Trinajstić information content (AvgIpc) is 2.94. The number of hydrogen-bond donors (Lipinski definition) is 3. The van der Waals surface area contributed by atoms with Gasteiger partial charge in [-0.2, -0.15) is 0 Å². The van der Waals surface area contributed by atoms with Crippen LogP contribution in [0.3, 0.4) is 0 Å². The van der Waals surface area contributed by atoms with Gasteiger partial charge in [0, 0.05) is 23.6 Å². The normalized spacial score (nSPS) is 33.1. The summed E-state index contributed by atoms with van der Waals surface area (Å²) < 4.78 is 5.71. The molecule has 2 fully saturated rings. The molecule has 21 heavy (non-hydrogen) atoms. The van der Waals surface area contributed by atoms with Crippen molar-refractivity contribution in [3.05, 3.63) is 29.8 Å². The highest BCUT2D eigenvalue weighted by atomic mass is 16.5. The first-order chi connectivity index (χ1) is 9.91. The van der Waals surface area contributed by atoms with Crippen LogP contribution < -0.4 is 11.1 Å². The Morgan fingerprint density at radius 3 is 3.00 bits per heavy atom. The lowest BCUT2D eigenvalue weighted by atomic mass is 9.48. The number of fused-ring (bicyclic) bond motifs is 1.